The molecule has 2 aliphatic rings. The van der Waals surface area contributed by atoms with Crippen LogP contribution in [0, 0.1) is 0 Å². The SMILES string of the molecule is CCCNCCSc1cc(-c2nn(CCCN3CCC(NS(C)(=O)=O)CC3)c3c2CN(S(C)(=O)=O)CC3)ccc1C(F)(F)F. The van der Waals surface area contributed by atoms with E-state index in [1.807, 2.05) is 11.6 Å². The van der Waals surface area contributed by atoms with Crippen LogP contribution in [0.4, 0.5) is 13.2 Å². The maximum Gasteiger partial charge on any atom is 0.417 e. The van der Waals surface area contributed by atoms with E-state index in [4.69, 9.17) is 5.10 Å². The van der Waals surface area contributed by atoms with E-state index in [0.29, 0.717) is 43.1 Å². The molecule has 1 aromatic heterocycles. The molecule has 1 fully saturated rings. The molecule has 0 unspecified atom stereocenters. The fraction of sp³-hybridized carbons (Fsp3) is 0.679. The second kappa shape index (κ2) is 14.8. The van der Waals surface area contributed by atoms with Crippen molar-refractivity contribution in [1.82, 2.24) is 29.0 Å². The number of sulfonamides is 2. The number of alkyl halides is 3. The average molecular weight is 681 g/mol. The number of nitrogens with one attached hydrogen (secondary N) is 2. The van der Waals surface area contributed by atoms with Crippen LogP contribution < -0.4 is 10.0 Å². The zero-order valence-electron chi connectivity index (χ0n) is 25.5. The third kappa shape index (κ3) is 9.66. The third-order valence-electron chi connectivity index (χ3n) is 7.90. The highest BCUT2D eigenvalue weighted by Crippen LogP contribution is 2.40. The summed E-state index contributed by atoms with van der Waals surface area (Å²) in [5.74, 6) is 0.475. The first kappa shape index (κ1) is 35.2. The Morgan fingerprint density at radius 3 is 2.41 bits per heavy atom. The second-order valence-electron chi connectivity index (χ2n) is 11.5. The maximum atomic E-state index is 13.9. The number of aryl methyl sites for hydroxylation is 1. The van der Waals surface area contributed by atoms with Crippen LogP contribution in [0.5, 0.6) is 0 Å². The van der Waals surface area contributed by atoms with Crippen LogP contribution in [0.3, 0.4) is 0 Å². The van der Waals surface area contributed by atoms with E-state index in [2.05, 4.69) is 14.9 Å². The van der Waals surface area contributed by atoms with Gasteiger partial charge in [0.1, 0.15) is 0 Å². The largest absolute Gasteiger partial charge is 0.417 e. The van der Waals surface area contributed by atoms with Gasteiger partial charge in [0.25, 0.3) is 0 Å². The predicted octanol–water partition coefficient (Wildman–Crippen LogP) is 3.38. The molecule has 44 heavy (non-hydrogen) atoms. The number of hydrogen-bond donors (Lipinski definition) is 2. The number of nitrogens with zero attached hydrogens (tertiary/aromatic N) is 4. The van der Waals surface area contributed by atoms with Crippen molar-refractivity contribution in [3.8, 4) is 11.3 Å². The molecule has 2 aromatic rings. The fourth-order valence-electron chi connectivity index (χ4n) is 5.75. The zero-order chi connectivity index (χ0) is 32.1. The van der Waals surface area contributed by atoms with Gasteiger partial charge in [0.2, 0.25) is 20.0 Å². The molecule has 0 saturated carbocycles. The number of benzene rings is 1. The van der Waals surface area contributed by atoms with Crippen LogP contribution >= 0.6 is 11.8 Å². The summed E-state index contributed by atoms with van der Waals surface area (Å²) in [6.45, 7) is 6.76. The molecule has 10 nitrogen and oxygen atoms in total. The number of rotatable bonds is 14. The third-order valence-corrected chi connectivity index (χ3v) is 11.0. The number of likely N-dealkylation sites (tertiary alicyclic amines) is 1. The summed E-state index contributed by atoms with van der Waals surface area (Å²) in [7, 11) is -6.71. The van der Waals surface area contributed by atoms with Crippen molar-refractivity contribution in [2.45, 2.75) is 69.2 Å². The van der Waals surface area contributed by atoms with E-state index in [9.17, 15) is 30.0 Å². The number of piperidine rings is 1. The number of aromatic nitrogens is 2. The van der Waals surface area contributed by atoms with Gasteiger partial charge >= 0.3 is 6.18 Å². The lowest BCUT2D eigenvalue weighted by Crippen LogP contribution is -2.44. The van der Waals surface area contributed by atoms with Crippen molar-refractivity contribution < 1.29 is 30.0 Å². The predicted molar refractivity (Wildman–Crippen MR) is 168 cm³/mol. The summed E-state index contributed by atoms with van der Waals surface area (Å²) in [6, 6.07) is 4.01. The molecule has 1 aromatic carbocycles. The molecule has 0 bridgehead atoms. The highest BCUT2D eigenvalue weighted by molar-refractivity contribution is 7.99. The molecular formula is C28H43F3N6O4S3. The van der Waals surface area contributed by atoms with Crippen molar-refractivity contribution in [2.24, 2.45) is 0 Å². The van der Waals surface area contributed by atoms with E-state index in [1.165, 1.54) is 22.7 Å². The lowest BCUT2D eigenvalue weighted by atomic mass is 10.0. The molecule has 0 atom stereocenters. The van der Waals surface area contributed by atoms with Crippen molar-refractivity contribution in [3.05, 3.63) is 35.0 Å². The molecule has 2 aliphatic heterocycles. The van der Waals surface area contributed by atoms with Gasteiger partial charge in [0.15, 0.2) is 0 Å². The molecule has 1 saturated heterocycles. The Balaban J connectivity index is 1.54. The van der Waals surface area contributed by atoms with Crippen molar-refractivity contribution in [2.75, 3.05) is 57.5 Å². The van der Waals surface area contributed by atoms with E-state index in [1.54, 1.807) is 0 Å². The Morgan fingerprint density at radius 2 is 1.77 bits per heavy atom. The molecule has 0 radical (unpaired) electrons. The smallest absolute Gasteiger partial charge is 0.316 e. The van der Waals surface area contributed by atoms with Gasteiger partial charge in [-0.25, -0.2) is 21.6 Å². The Labute approximate surface area is 263 Å². The normalized spacial score (nSPS) is 17.7. The average Bonchev–Trinajstić information content (AvgIpc) is 3.30. The quantitative estimate of drug-likeness (QED) is 0.231. The van der Waals surface area contributed by atoms with Crippen molar-refractivity contribution in [1.29, 1.82) is 0 Å². The van der Waals surface area contributed by atoms with Gasteiger partial charge in [0, 0.05) is 66.1 Å². The van der Waals surface area contributed by atoms with E-state index < -0.39 is 31.8 Å². The molecule has 2 N–H and O–H groups in total. The van der Waals surface area contributed by atoms with Gasteiger partial charge in [-0.2, -0.15) is 22.6 Å². The van der Waals surface area contributed by atoms with Gasteiger partial charge in [-0.05, 0) is 64.0 Å². The summed E-state index contributed by atoms with van der Waals surface area (Å²) < 4.78 is 95.6. The molecule has 16 heteroatoms. The Kier molecular flexibility index (Phi) is 11.8. The minimum absolute atomic E-state index is 0.0564. The first-order valence-corrected chi connectivity index (χ1v) is 19.7. The monoisotopic (exact) mass is 680 g/mol. The first-order chi connectivity index (χ1) is 20.7. The van der Waals surface area contributed by atoms with Gasteiger partial charge in [-0.1, -0.05) is 13.0 Å². The van der Waals surface area contributed by atoms with Crippen LogP contribution in [0.1, 0.15) is 49.4 Å². The van der Waals surface area contributed by atoms with Crippen LogP contribution in [0.15, 0.2) is 23.1 Å². The second-order valence-corrected chi connectivity index (χ2v) is 16.4. The minimum atomic E-state index is -4.50. The number of halogens is 3. The fourth-order valence-corrected chi connectivity index (χ4v) is 8.39. The van der Waals surface area contributed by atoms with Gasteiger partial charge in [-0.3, -0.25) is 4.68 Å². The summed E-state index contributed by atoms with van der Waals surface area (Å²) in [5.41, 5.74) is 2.00. The highest BCUT2D eigenvalue weighted by atomic mass is 32.2. The Morgan fingerprint density at radius 1 is 1.05 bits per heavy atom. The molecule has 248 valence electrons. The van der Waals surface area contributed by atoms with Gasteiger partial charge in [-0.15, -0.1) is 11.8 Å². The summed E-state index contributed by atoms with van der Waals surface area (Å²) in [4.78, 5) is 2.42. The summed E-state index contributed by atoms with van der Waals surface area (Å²) in [5, 5.41) is 8.08. The molecule has 4 rings (SSSR count). The standard InChI is InChI=1S/C28H43F3N6O4S3/c1-4-11-32-12-18-42-26-19-21(6-7-24(26)28(29,30)31)27-23-20-36(44(3,40)41)17-10-25(23)37(33-27)14-5-13-35-15-8-22(9-16-35)34-43(2,38)39/h6-7,19,22,32,34H,4-5,8-18,20H2,1-3H3. The maximum absolute atomic E-state index is 13.9. The Bertz CT molecular complexity index is 1490. The molecule has 0 amide bonds. The number of hydrogen-bond acceptors (Lipinski definition) is 8. The molecule has 0 aliphatic carbocycles. The lowest BCUT2D eigenvalue weighted by Gasteiger charge is -2.32. The molecule has 0 spiro atoms. The van der Waals surface area contributed by atoms with Crippen LogP contribution in [0.25, 0.3) is 11.3 Å². The first-order valence-electron chi connectivity index (χ1n) is 14.9. The van der Waals surface area contributed by atoms with Crippen molar-refractivity contribution in [3.63, 3.8) is 0 Å². The number of thioether (sulfide) groups is 1. The van der Waals surface area contributed by atoms with Crippen LogP contribution in [-0.2, 0) is 45.7 Å². The van der Waals surface area contributed by atoms with Crippen molar-refractivity contribution >= 4 is 31.8 Å². The minimum Gasteiger partial charge on any atom is -0.316 e. The highest BCUT2D eigenvalue weighted by Gasteiger charge is 2.35. The summed E-state index contributed by atoms with van der Waals surface area (Å²) >= 11 is 1.15. The molecule has 3 heterocycles. The van der Waals surface area contributed by atoms with E-state index in [-0.39, 0.29) is 17.5 Å². The Hall–Kier alpha value is -1.69. The van der Waals surface area contributed by atoms with E-state index >= 15 is 0 Å². The number of fused-ring (bicyclic) bond motifs is 1. The molecular weight excluding hydrogens is 638 g/mol. The van der Waals surface area contributed by atoms with Gasteiger partial charge in [0.05, 0.1) is 23.8 Å². The van der Waals surface area contributed by atoms with E-state index in [0.717, 1.165) is 87.2 Å². The van der Waals surface area contributed by atoms with Gasteiger partial charge < -0.3 is 10.2 Å². The summed E-state index contributed by atoms with van der Waals surface area (Å²) in [6.07, 6.45) is 1.47. The zero-order valence-corrected chi connectivity index (χ0v) is 27.9. The topological polar surface area (TPSA) is 117 Å². The van der Waals surface area contributed by atoms with Crippen LogP contribution in [-0.4, -0.2) is 99.4 Å². The lowest BCUT2D eigenvalue weighted by molar-refractivity contribution is -0.139. The van der Waals surface area contributed by atoms with Crippen LogP contribution in [0.2, 0.25) is 0 Å².